The first-order valence-corrected chi connectivity index (χ1v) is 7.50. The first kappa shape index (κ1) is 13.7. The SMILES string of the molecule is NC(=O)CCCCN=C1NC2(CCOCC2)CS1. The van der Waals surface area contributed by atoms with Gasteiger partial charge >= 0.3 is 0 Å². The molecular weight excluding hydrogens is 250 g/mol. The van der Waals surface area contributed by atoms with Crippen molar-refractivity contribution in [3.05, 3.63) is 0 Å². The van der Waals surface area contributed by atoms with E-state index in [1.54, 1.807) is 11.8 Å². The highest BCUT2D eigenvalue weighted by molar-refractivity contribution is 8.14. The summed E-state index contributed by atoms with van der Waals surface area (Å²) in [6, 6.07) is 0. The number of nitrogens with two attached hydrogens (primary N) is 1. The molecule has 2 aliphatic heterocycles. The van der Waals surface area contributed by atoms with E-state index in [1.165, 1.54) is 0 Å². The monoisotopic (exact) mass is 271 g/mol. The van der Waals surface area contributed by atoms with Crippen molar-refractivity contribution in [1.29, 1.82) is 0 Å². The summed E-state index contributed by atoms with van der Waals surface area (Å²) in [6.07, 6.45) is 4.36. The van der Waals surface area contributed by atoms with Crippen LogP contribution >= 0.6 is 11.8 Å². The normalized spacial score (nSPS) is 24.3. The third kappa shape index (κ3) is 3.88. The Labute approximate surface area is 112 Å². The molecule has 0 aromatic carbocycles. The molecule has 2 rings (SSSR count). The number of rotatable bonds is 5. The van der Waals surface area contributed by atoms with E-state index in [0.717, 1.165) is 56.4 Å². The van der Waals surface area contributed by atoms with Gasteiger partial charge in [0.05, 0.1) is 5.54 Å². The predicted octanol–water partition coefficient (Wildman–Crippen LogP) is 0.884. The summed E-state index contributed by atoms with van der Waals surface area (Å²) in [7, 11) is 0. The van der Waals surface area contributed by atoms with Gasteiger partial charge in [0, 0.05) is 31.9 Å². The van der Waals surface area contributed by atoms with Crippen LogP contribution in [0.25, 0.3) is 0 Å². The second-order valence-corrected chi connectivity index (χ2v) is 5.88. The Kier molecular flexibility index (Phi) is 4.88. The van der Waals surface area contributed by atoms with Gasteiger partial charge in [-0.05, 0) is 25.7 Å². The van der Waals surface area contributed by atoms with Crippen LogP contribution in [0.5, 0.6) is 0 Å². The minimum absolute atomic E-state index is 0.217. The number of hydrogen-bond donors (Lipinski definition) is 2. The second-order valence-electron chi connectivity index (χ2n) is 4.92. The maximum absolute atomic E-state index is 10.6. The summed E-state index contributed by atoms with van der Waals surface area (Å²) in [6.45, 7) is 2.47. The summed E-state index contributed by atoms with van der Waals surface area (Å²) in [5, 5.41) is 4.60. The van der Waals surface area contributed by atoms with Gasteiger partial charge in [0.1, 0.15) is 0 Å². The van der Waals surface area contributed by atoms with Gasteiger partial charge in [0.25, 0.3) is 0 Å². The molecule has 2 fully saturated rings. The number of carbonyl (C=O) groups excluding carboxylic acids is 1. The fourth-order valence-electron chi connectivity index (χ4n) is 2.21. The molecule has 0 unspecified atom stereocenters. The molecular formula is C12H21N3O2S. The minimum Gasteiger partial charge on any atom is -0.381 e. The minimum atomic E-state index is -0.225. The van der Waals surface area contributed by atoms with Gasteiger partial charge in [-0.1, -0.05) is 11.8 Å². The molecule has 0 bridgehead atoms. The number of carbonyl (C=O) groups is 1. The van der Waals surface area contributed by atoms with E-state index >= 15 is 0 Å². The highest BCUT2D eigenvalue weighted by atomic mass is 32.2. The van der Waals surface area contributed by atoms with Gasteiger partial charge in [0.15, 0.2) is 5.17 Å². The first-order valence-electron chi connectivity index (χ1n) is 6.52. The zero-order valence-electron chi connectivity index (χ0n) is 10.6. The molecule has 2 aliphatic rings. The molecule has 0 saturated carbocycles. The van der Waals surface area contributed by atoms with Crippen LogP contribution in [-0.4, -0.2) is 42.1 Å². The van der Waals surface area contributed by atoms with Crippen molar-refractivity contribution >= 4 is 22.8 Å². The molecule has 102 valence electrons. The molecule has 0 aromatic heterocycles. The lowest BCUT2D eigenvalue weighted by atomic mass is 9.93. The van der Waals surface area contributed by atoms with Crippen LogP contribution in [0.15, 0.2) is 4.99 Å². The summed E-state index contributed by atoms with van der Waals surface area (Å²) in [4.78, 5) is 15.1. The smallest absolute Gasteiger partial charge is 0.217 e. The zero-order chi connectivity index (χ0) is 12.8. The van der Waals surface area contributed by atoms with E-state index in [2.05, 4.69) is 10.3 Å². The van der Waals surface area contributed by atoms with Gasteiger partial charge in [-0.3, -0.25) is 9.79 Å². The van der Waals surface area contributed by atoms with Gasteiger partial charge in [0.2, 0.25) is 5.91 Å². The lowest BCUT2D eigenvalue weighted by Crippen LogP contribution is -2.48. The van der Waals surface area contributed by atoms with E-state index in [1.807, 2.05) is 0 Å². The van der Waals surface area contributed by atoms with Crippen molar-refractivity contribution in [1.82, 2.24) is 5.32 Å². The number of amides is 1. The third-order valence-corrected chi connectivity index (χ3v) is 4.60. The Balaban J connectivity index is 1.69. The molecule has 5 nitrogen and oxygen atoms in total. The highest BCUT2D eigenvalue weighted by Gasteiger charge is 2.38. The Morgan fingerprint density at radius 1 is 1.44 bits per heavy atom. The van der Waals surface area contributed by atoms with Crippen LogP contribution in [-0.2, 0) is 9.53 Å². The largest absolute Gasteiger partial charge is 0.381 e. The number of aliphatic imine (C=N–C) groups is 1. The summed E-state index contributed by atoms with van der Waals surface area (Å²) in [5.41, 5.74) is 5.30. The highest BCUT2D eigenvalue weighted by Crippen LogP contribution is 2.31. The number of ether oxygens (including phenoxy) is 1. The number of nitrogens with zero attached hydrogens (tertiary/aromatic N) is 1. The van der Waals surface area contributed by atoms with E-state index in [4.69, 9.17) is 10.5 Å². The van der Waals surface area contributed by atoms with E-state index in [-0.39, 0.29) is 11.4 Å². The molecule has 18 heavy (non-hydrogen) atoms. The van der Waals surface area contributed by atoms with Crippen LogP contribution in [0.3, 0.4) is 0 Å². The molecule has 1 amide bonds. The van der Waals surface area contributed by atoms with Crippen LogP contribution < -0.4 is 11.1 Å². The fraction of sp³-hybridized carbons (Fsp3) is 0.833. The number of nitrogens with one attached hydrogen (secondary N) is 1. The number of primary amides is 1. The summed E-state index contributed by atoms with van der Waals surface area (Å²) < 4.78 is 5.39. The molecule has 3 N–H and O–H groups in total. The average Bonchev–Trinajstić information content (AvgIpc) is 2.72. The zero-order valence-corrected chi connectivity index (χ0v) is 11.4. The molecule has 0 aliphatic carbocycles. The molecule has 0 aromatic rings. The number of unbranched alkanes of at least 4 members (excludes halogenated alkanes) is 1. The van der Waals surface area contributed by atoms with Crippen molar-refractivity contribution in [2.75, 3.05) is 25.5 Å². The Hall–Kier alpha value is -0.750. The maximum Gasteiger partial charge on any atom is 0.217 e. The van der Waals surface area contributed by atoms with E-state index in [9.17, 15) is 4.79 Å². The summed E-state index contributed by atoms with van der Waals surface area (Å²) in [5.74, 6) is 0.869. The van der Waals surface area contributed by atoms with Crippen molar-refractivity contribution in [3.63, 3.8) is 0 Å². The molecule has 1 spiro atoms. The molecule has 6 heteroatoms. The van der Waals surface area contributed by atoms with Gasteiger partial charge in [-0.15, -0.1) is 0 Å². The van der Waals surface area contributed by atoms with Crippen LogP contribution in [0.4, 0.5) is 0 Å². The van der Waals surface area contributed by atoms with Crippen LogP contribution in [0, 0.1) is 0 Å². The van der Waals surface area contributed by atoms with Crippen LogP contribution in [0.1, 0.15) is 32.1 Å². The van der Waals surface area contributed by atoms with Crippen molar-refractivity contribution < 1.29 is 9.53 Å². The van der Waals surface area contributed by atoms with Crippen LogP contribution in [0.2, 0.25) is 0 Å². The quantitative estimate of drug-likeness (QED) is 0.728. The number of amidine groups is 1. The van der Waals surface area contributed by atoms with E-state index < -0.39 is 0 Å². The maximum atomic E-state index is 10.6. The Morgan fingerprint density at radius 3 is 2.94 bits per heavy atom. The standard InChI is InChI=1S/C12H21N3O2S/c13-10(16)3-1-2-6-14-11-15-12(9-18-11)4-7-17-8-5-12/h1-9H2,(H2,13,16)(H,14,15). The third-order valence-electron chi connectivity index (χ3n) is 3.39. The number of thioether (sulfide) groups is 1. The summed E-state index contributed by atoms with van der Waals surface area (Å²) >= 11 is 1.80. The first-order chi connectivity index (χ1) is 8.70. The van der Waals surface area contributed by atoms with Crippen molar-refractivity contribution in [3.8, 4) is 0 Å². The van der Waals surface area contributed by atoms with Crippen molar-refractivity contribution in [2.24, 2.45) is 10.7 Å². The van der Waals surface area contributed by atoms with E-state index in [0.29, 0.717) is 6.42 Å². The fourth-order valence-corrected chi connectivity index (χ4v) is 3.46. The average molecular weight is 271 g/mol. The van der Waals surface area contributed by atoms with Gasteiger partial charge in [-0.2, -0.15) is 0 Å². The van der Waals surface area contributed by atoms with Crippen molar-refractivity contribution in [2.45, 2.75) is 37.6 Å². The lowest BCUT2D eigenvalue weighted by Gasteiger charge is -2.32. The number of hydrogen-bond acceptors (Lipinski definition) is 4. The lowest BCUT2D eigenvalue weighted by molar-refractivity contribution is -0.118. The van der Waals surface area contributed by atoms with Gasteiger partial charge < -0.3 is 15.8 Å². The molecule has 0 radical (unpaired) electrons. The Bertz CT molecular complexity index is 327. The molecule has 0 atom stereocenters. The molecule has 2 saturated heterocycles. The Morgan fingerprint density at radius 2 is 2.22 bits per heavy atom. The molecule has 2 heterocycles. The second kappa shape index (κ2) is 6.43. The topological polar surface area (TPSA) is 76.7 Å². The van der Waals surface area contributed by atoms with Gasteiger partial charge in [-0.25, -0.2) is 0 Å². The predicted molar refractivity (Wildman–Crippen MR) is 73.7 cm³/mol.